The molecule has 1 aliphatic heterocycles. The van der Waals surface area contributed by atoms with Gasteiger partial charge in [0.25, 0.3) is 5.91 Å². The maximum atomic E-state index is 12.5. The first-order valence-electron chi connectivity index (χ1n) is 8.61. The zero-order valence-electron chi connectivity index (χ0n) is 14.0. The lowest BCUT2D eigenvalue weighted by Crippen LogP contribution is -2.46. The van der Waals surface area contributed by atoms with Gasteiger partial charge in [0.1, 0.15) is 6.54 Å². The molecule has 1 fully saturated rings. The van der Waals surface area contributed by atoms with Crippen LogP contribution in [0.2, 0.25) is 0 Å². The van der Waals surface area contributed by atoms with E-state index in [1.54, 1.807) is 18.2 Å². The number of aliphatic carboxylic acids is 1. The molecule has 0 spiro atoms. The first-order chi connectivity index (χ1) is 12.0. The second kappa shape index (κ2) is 7.09. The van der Waals surface area contributed by atoms with Crippen LogP contribution < -0.4 is 5.32 Å². The van der Waals surface area contributed by atoms with Crippen LogP contribution in [0.3, 0.4) is 0 Å². The van der Waals surface area contributed by atoms with Crippen LogP contribution in [0.4, 0.5) is 0 Å². The van der Waals surface area contributed by atoms with Gasteiger partial charge >= 0.3 is 5.97 Å². The summed E-state index contributed by atoms with van der Waals surface area (Å²) in [5, 5.41) is 12.2. The minimum atomic E-state index is -0.874. The van der Waals surface area contributed by atoms with E-state index in [0.29, 0.717) is 24.1 Å². The number of carbonyl (C=O) groups excluding carboxylic acids is 2. The third-order valence-electron chi connectivity index (χ3n) is 5.02. The molecule has 0 saturated heterocycles. The summed E-state index contributed by atoms with van der Waals surface area (Å²) in [5.41, 5.74) is 1.78. The molecule has 25 heavy (non-hydrogen) atoms. The third kappa shape index (κ3) is 3.43. The minimum Gasteiger partial charge on any atom is -0.481 e. The average Bonchev–Trinajstić information content (AvgIpc) is 2.75. The van der Waals surface area contributed by atoms with Gasteiger partial charge in [-0.1, -0.05) is 44.0 Å². The van der Waals surface area contributed by atoms with Crippen molar-refractivity contribution >= 4 is 23.5 Å². The molecule has 132 valence electrons. The van der Waals surface area contributed by atoms with Crippen LogP contribution in [0.25, 0.3) is 5.70 Å². The molecule has 3 rings (SSSR count). The fourth-order valence-corrected chi connectivity index (χ4v) is 3.67. The summed E-state index contributed by atoms with van der Waals surface area (Å²) in [4.78, 5) is 37.7. The highest BCUT2D eigenvalue weighted by molar-refractivity contribution is 6.10. The van der Waals surface area contributed by atoms with Crippen molar-refractivity contribution in [2.24, 2.45) is 5.92 Å². The lowest BCUT2D eigenvalue weighted by Gasteiger charge is -2.24. The molecule has 1 heterocycles. The molecule has 1 saturated carbocycles. The van der Waals surface area contributed by atoms with Crippen LogP contribution in [0.5, 0.6) is 0 Å². The van der Waals surface area contributed by atoms with Gasteiger partial charge in [0.15, 0.2) is 0 Å². The van der Waals surface area contributed by atoms with Gasteiger partial charge in [-0.05, 0) is 18.9 Å². The van der Waals surface area contributed by atoms with Crippen LogP contribution >= 0.6 is 0 Å². The number of carboxylic acid groups (broad SMARTS) is 1. The quantitative estimate of drug-likeness (QED) is 0.822. The first-order valence-corrected chi connectivity index (χ1v) is 8.61. The zero-order valence-corrected chi connectivity index (χ0v) is 14.0. The summed E-state index contributed by atoms with van der Waals surface area (Å²) in [7, 11) is 0. The van der Waals surface area contributed by atoms with Crippen molar-refractivity contribution in [3.8, 4) is 0 Å². The molecule has 2 amide bonds. The maximum Gasteiger partial charge on any atom is 0.308 e. The van der Waals surface area contributed by atoms with Crippen LogP contribution in [-0.2, 0) is 9.59 Å². The monoisotopic (exact) mass is 342 g/mol. The number of hydrogen-bond donors (Lipinski definition) is 2. The zero-order chi connectivity index (χ0) is 18.0. The Hall–Kier alpha value is -2.63. The van der Waals surface area contributed by atoms with E-state index in [2.05, 4.69) is 11.9 Å². The second-order valence-electron chi connectivity index (χ2n) is 6.64. The smallest absolute Gasteiger partial charge is 0.308 e. The summed E-state index contributed by atoms with van der Waals surface area (Å²) in [6.07, 6.45) is 3.96. The largest absolute Gasteiger partial charge is 0.481 e. The summed E-state index contributed by atoms with van der Waals surface area (Å²) in [6, 6.07) is 6.73. The van der Waals surface area contributed by atoms with Crippen molar-refractivity contribution < 1.29 is 19.5 Å². The molecular weight excluding hydrogens is 320 g/mol. The van der Waals surface area contributed by atoms with Crippen molar-refractivity contribution in [3.63, 3.8) is 0 Å². The number of carboxylic acids is 1. The van der Waals surface area contributed by atoms with Gasteiger partial charge in [-0.15, -0.1) is 0 Å². The van der Waals surface area contributed by atoms with Crippen LogP contribution in [0, 0.1) is 5.92 Å². The van der Waals surface area contributed by atoms with E-state index in [1.807, 2.05) is 6.07 Å². The normalized spacial score (nSPS) is 23.1. The van der Waals surface area contributed by atoms with Gasteiger partial charge in [0.2, 0.25) is 5.91 Å². The van der Waals surface area contributed by atoms with Gasteiger partial charge in [0, 0.05) is 22.9 Å². The molecule has 6 heteroatoms. The Kier molecular flexibility index (Phi) is 4.88. The molecule has 2 aliphatic rings. The van der Waals surface area contributed by atoms with Gasteiger partial charge in [-0.3, -0.25) is 19.3 Å². The van der Waals surface area contributed by atoms with Crippen molar-refractivity contribution in [2.45, 2.75) is 38.1 Å². The van der Waals surface area contributed by atoms with E-state index in [-0.39, 0.29) is 24.4 Å². The molecule has 2 atom stereocenters. The van der Waals surface area contributed by atoms with Crippen molar-refractivity contribution in [1.29, 1.82) is 0 Å². The number of hydrogen-bond acceptors (Lipinski definition) is 3. The van der Waals surface area contributed by atoms with Gasteiger partial charge in [0.05, 0.1) is 5.92 Å². The van der Waals surface area contributed by atoms with Gasteiger partial charge in [-0.25, -0.2) is 0 Å². The number of rotatable bonds is 4. The Morgan fingerprint density at radius 3 is 2.52 bits per heavy atom. The first kappa shape index (κ1) is 17.2. The molecule has 0 unspecified atom stereocenters. The molecule has 0 radical (unpaired) electrons. The highest BCUT2D eigenvalue weighted by Crippen LogP contribution is 2.31. The van der Waals surface area contributed by atoms with E-state index in [9.17, 15) is 19.5 Å². The molecule has 0 aromatic heterocycles. The number of amides is 2. The number of carbonyl (C=O) groups is 3. The summed E-state index contributed by atoms with van der Waals surface area (Å²) < 4.78 is 0. The Bertz CT molecular complexity index is 693. The van der Waals surface area contributed by atoms with Crippen molar-refractivity contribution in [1.82, 2.24) is 10.2 Å². The molecule has 1 aliphatic carbocycles. The van der Waals surface area contributed by atoms with E-state index in [1.165, 1.54) is 4.90 Å². The Morgan fingerprint density at radius 1 is 1.16 bits per heavy atom. The Morgan fingerprint density at radius 2 is 1.84 bits per heavy atom. The van der Waals surface area contributed by atoms with E-state index in [4.69, 9.17) is 0 Å². The van der Waals surface area contributed by atoms with Gasteiger partial charge in [-0.2, -0.15) is 0 Å². The van der Waals surface area contributed by atoms with E-state index >= 15 is 0 Å². The highest BCUT2D eigenvalue weighted by Gasteiger charge is 2.34. The summed E-state index contributed by atoms with van der Waals surface area (Å²) >= 11 is 0. The molecule has 2 N–H and O–H groups in total. The molecular formula is C19H22N2O4. The number of nitrogens with one attached hydrogen (secondary N) is 1. The topological polar surface area (TPSA) is 86.7 Å². The summed E-state index contributed by atoms with van der Waals surface area (Å²) in [6.45, 7) is 3.77. The standard InChI is InChI=1S/C19H22N2O4/c1-12-13-7-5-6-8-14(13)18(23)21(12)11-17(22)20-16-10-4-2-3-9-15(16)19(24)25/h5-8,15-16H,1-4,9-11H2,(H,20,22)(H,24,25)/t15-,16+/m1/s1. The average molecular weight is 342 g/mol. The van der Waals surface area contributed by atoms with Crippen molar-refractivity contribution in [2.75, 3.05) is 6.54 Å². The lowest BCUT2D eigenvalue weighted by atomic mass is 9.95. The summed E-state index contributed by atoms with van der Waals surface area (Å²) in [5.74, 6) is -2.03. The van der Waals surface area contributed by atoms with Gasteiger partial charge < -0.3 is 10.4 Å². The number of nitrogens with zero attached hydrogens (tertiary/aromatic N) is 1. The molecule has 1 aromatic carbocycles. The van der Waals surface area contributed by atoms with E-state index in [0.717, 1.165) is 24.8 Å². The molecule has 6 nitrogen and oxygen atoms in total. The number of benzene rings is 1. The van der Waals surface area contributed by atoms with Crippen molar-refractivity contribution in [3.05, 3.63) is 42.0 Å². The van der Waals surface area contributed by atoms with Crippen LogP contribution in [0.1, 0.15) is 48.0 Å². The highest BCUT2D eigenvalue weighted by atomic mass is 16.4. The Balaban J connectivity index is 1.67. The fourth-order valence-electron chi connectivity index (χ4n) is 3.67. The second-order valence-corrected chi connectivity index (χ2v) is 6.64. The maximum absolute atomic E-state index is 12.5. The lowest BCUT2D eigenvalue weighted by molar-refractivity contribution is -0.143. The van der Waals surface area contributed by atoms with Crippen LogP contribution in [-0.4, -0.2) is 40.4 Å². The fraction of sp³-hybridized carbons (Fsp3) is 0.421. The van der Waals surface area contributed by atoms with E-state index < -0.39 is 11.9 Å². The van der Waals surface area contributed by atoms with Crippen LogP contribution in [0.15, 0.2) is 30.8 Å². The number of fused-ring (bicyclic) bond motifs is 1. The predicted molar refractivity (Wildman–Crippen MR) is 92.7 cm³/mol. The Labute approximate surface area is 146 Å². The predicted octanol–water partition coefficient (Wildman–Crippen LogP) is 2.26. The molecule has 0 bridgehead atoms. The minimum absolute atomic E-state index is 0.144. The molecule has 1 aromatic rings. The SMILES string of the molecule is C=C1c2ccccc2C(=O)N1CC(=O)N[C@H]1CCCCC[C@H]1C(=O)O. The third-order valence-corrected chi connectivity index (χ3v) is 5.02.